The van der Waals surface area contributed by atoms with Crippen molar-refractivity contribution in [1.29, 1.82) is 0 Å². The van der Waals surface area contributed by atoms with Crippen LogP contribution in [0.15, 0.2) is 30.0 Å². The van der Waals surface area contributed by atoms with E-state index in [-0.39, 0.29) is 191 Å². The molecule has 0 aliphatic carbocycles. The van der Waals surface area contributed by atoms with Crippen molar-refractivity contribution in [3.63, 3.8) is 0 Å². The lowest BCUT2D eigenvalue weighted by atomic mass is 10.0. The lowest BCUT2D eigenvalue weighted by Gasteiger charge is -2.28. The Hall–Kier alpha value is -9.80. The fourth-order valence-corrected chi connectivity index (χ4v) is 8.99. The number of guanidine groups is 6. The molecule has 0 aliphatic heterocycles. The number of hydrogen-bond acceptors (Lipinski definition) is 19. The summed E-state index contributed by atoms with van der Waals surface area (Å²) in [5, 5.41) is 33.7. The number of primary amides is 1. The number of unbranched alkanes of at least 4 members (excludes halogenated alkanes) is 2. The number of nitrogens with two attached hydrogens (primary N) is 15. The Morgan fingerprint density at radius 1 is 0.295 bits per heavy atom. The van der Waals surface area contributed by atoms with Crippen LogP contribution >= 0.6 is 0 Å². The molecular formula is C54H108N30O11. The summed E-state index contributed by atoms with van der Waals surface area (Å²) in [5.74, 6) is -10.2. The van der Waals surface area contributed by atoms with Crippen molar-refractivity contribution < 1.29 is 53.1 Å². The van der Waals surface area contributed by atoms with Crippen LogP contribution in [0, 0.1) is 0 Å². The molecule has 0 radical (unpaired) electrons. The molecule has 0 heterocycles. The number of aliphatic hydroxyl groups is 1. The Bertz CT molecular complexity index is 2600. The first-order valence-electron chi connectivity index (χ1n) is 31.2. The van der Waals surface area contributed by atoms with Gasteiger partial charge in [-0.2, -0.15) is 0 Å². The fraction of sp³-hybridized carbons (Fsp3) is 0.704. The molecule has 41 heteroatoms. The zero-order chi connectivity index (χ0) is 72.0. The van der Waals surface area contributed by atoms with E-state index >= 15 is 0 Å². The van der Waals surface area contributed by atoms with Crippen LogP contribution in [0.5, 0.6) is 0 Å². The highest BCUT2D eigenvalue weighted by atomic mass is 16.3. The number of aliphatic imine (C=N–C) groups is 6. The molecule has 40 N–H and O–H groups in total. The average Bonchev–Trinajstić information content (AvgIpc) is 1.00. The minimum Gasteiger partial charge on any atom is -0.391 e. The van der Waals surface area contributed by atoms with Crippen molar-refractivity contribution >= 4 is 94.8 Å². The molecule has 0 aliphatic rings. The normalized spacial score (nSPS) is 13.9. The van der Waals surface area contributed by atoms with Gasteiger partial charge in [0.2, 0.25) is 59.1 Å². The van der Waals surface area contributed by atoms with Crippen LogP contribution in [0.1, 0.15) is 129 Å². The van der Waals surface area contributed by atoms with E-state index in [9.17, 15) is 53.1 Å². The van der Waals surface area contributed by atoms with E-state index in [1.54, 1.807) is 0 Å². The van der Waals surface area contributed by atoms with Gasteiger partial charge in [0.05, 0.1) is 6.10 Å². The van der Waals surface area contributed by atoms with Gasteiger partial charge < -0.3 is 139 Å². The fourth-order valence-electron chi connectivity index (χ4n) is 8.99. The first-order chi connectivity index (χ1) is 44.8. The Morgan fingerprint density at radius 3 is 0.632 bits per heavy atom. The van der Waals surface area contributed by atoms with Crippen LogP contribution in [-0.2, 0) is 47.9 Å². The zero-order valence-electron chi connectivity index (χ0n) is 54.5. The minimum atomic E-state index is -1.55. The standard InChI is InChI=1S/C54H108N30O11/c1-29(85)39(40(57)87)84-48(95)38(20-12-28-75-54(68)69)83-43(90)33(14-4-6-22-56)77-42(89)32(13-3-5-21-55)78-44(91)35(17-9-25-72-51(62)63)80-46(93)37(19-11-27-74-53(66)67)82-47(94)36(18-10-26-73-52(64)65)81-45(92)34(16-8-24-71-50(60)61)79-41(88)31(76-30(2)86)15-7-23-70-49(58)59/h29,31-39,85H,3-28,55-56H2,1-2H3,(H2,57,87)(H,76,86)(H,77,89)(H,78,91)(H,79,88)(H,80,93)(H,81,92)(H,82,94)(H,83,90)(H,84,95)(H4,58,59,70)(H4,60,61,71)(H4,62,63,72)(H4,64,65,73)(H4,66,67,74)(H4,68,69,75)/t29-,31+,32+,33+,34+,35+,36+,37+,38+,39+/m1/s1. The van der Waals surface area contributed by atoms with Crippen LogP contribution in [0.3, 0.4) is 0 Å². The van der Waals surface area contributed by atoms with Gasteiger partial charge in [-0.05, 0) is 136 Å². The van der Waals surface area contributed by atoms with Crippen molar-refractivity contribution in [3.8, 4) is 0 Å². The first kappa shape index (κ1) is 85.2. The summed E-state index contributed by atoms with van der Waals surface area (Å²) in [6.07, 6.45) is -0.211. The van der Waals surface area contributed by atoms with Gasteiger partial charge >= 0.3 is 0 Å². The molecule has 0 rings (SSSR count). The van der Waals surface area contributed by atoms with Gasteiger partial charge in [-0.25, -0.2) is 0 Å². The third-order valence-corrected chi connectivity index (χ3v) is 13.8. The Morgan fingerprint density at radius 2 is 0.474 bits per heavy atom. The summed E-state index contributed by atoms with van der Waals surface area (Å²) >= 11 is 0. The van der Waals surface area contributed by atoms with E-state index < -0.39 is 120 Å². The number of rotatable bonds is 51. The quantitative estimate of drug-likeness (QED) is 0.0153. The monoisotopic (exact) mass is 1350 g/mol. The average molecular weight is 1350 g/mol. The van der Waals surface area contributed by atoms with Gasteiger partial charge in [0.15, 0.2) is 35.8 Å². The van der Waals surface area contributed by atoms with E-state index in [0.717, 1.165) is 0 Å². The Kier molecular flexibility index (Phi) is 43.8. The molecule has 41 nitrogen and oxygen atoms in total. The van der Waals surface area contributed by atoms with Crippen molar-refractivity contribution in [2.45, 2.75) is 190 Å². The predicted octanol–water partition coefficient (Wildman–Crippen LogP) is -11.2. The van der Waals surface area contributed by atoms with Crippen molar-refractivity contribution in [2.24, 2.45) is 116 Å². The topological polar surface area (TPSA) is 764 Å². The molecule has 540 valence electrons. The van der Waals surface area contributed by atoms with E-state index in [2.05, 4.69) is 77.8 Å². The van der Waals surface area contributed by atoms with Gasteiger partial charge in [-0.3, -0.25) is 77.9 Å². The summed E-state index contributed by atoms with van der Waals surface area (Å²) in [4.78, 5) is 163. The maximum atomic E-state index is 14.7. The van der Waals surface area contributed by atoms with E-state index in [4.69, 9.17) is 86.0 Å². The summed E-state index contributed by atoms with van der Waals surface area (Å²) in [7, 11) is 0. The Labute approximate surface area is 552 Å². The van der Waals surface area contributed by atoms with Crippen LogP contribution in [0.25, 0.3) is 0 Å². The molecule has 0 aromatic heterocycles. The highest BCUT2D eigenvalue weighted by molar-refractivity contribution is 5.98. The smallest absolute Gasteiger partial charge is 0.243 e. The molecule has 0 aromatic carbocycles. The van der Waals surface area contributed by atoms with Crippen molar-refractivity contribution in [3.05, 3.63) is 0 Å². The van der Waals surface area contributed by atoms with E-state index in [1.807, 2.05) is 0 Å². The summed E-state index contributed by atoms with van der Waals surface area (Å²) in [5.41, 5.74) is 83.4. The van der Waals surface area contributed by atoms with Crippen LogP contribution in [0.4, 0.5) is 0 Å². The highest BCUT2D eigenvalue weighted by Gasteiger charge is 2.36. The molecule has 10 atom stereocenters. The molecule has 0 spiro atoms. The highest BCUT2D eigenvalue weighted by Crippen LogP contribution is 2.12. The summed E-state index contributed by atoms with van der Waals surface area (Å²) in [6.45, 7) is 2.84. The summed E-state index contributed by atoms with van der Waals surface area (Å²) in [6, 6.07) is -12.8. The van der Waals surface area contributed by atoms with Crippen molar-refractivity contribution in [2.75, 3.05) is 52.4 Å². The van der Waals surface area contributed by atoms with Gasteiger partial charge in [0.1, 0.15) is 54.4 Å². The maximum Gasteiger partial charge on any atom is 0.243 e. The van der Waals surface area contributed by atoms with Gasteiger partial charge in [-0.15, -0.1) is 0 Å². The van der Waals surface area contributed by atoms with E-state index in [1.165, 1.54) is 13.8 Å². The van der Waals surface area contributed by atoms with Gasteiger partial charge in [-0.1, -0.05) is 0 Å². The van der Waals surface area contributed by atoms with Gasteiger partial charge in [0, 0.05) is 46.2 Å². The number of amides is 10. The number of nitrogens with one attached hydrogen (secondary N) is 9. The maximum absolute atomic E-state index is 14.7. The van der Waals surface area contributed by atoms with Gasteiger partial charge in [0.25, 0.3) is 0 Å². The molecule has 0 saturated heterocycles. The third kappa shape index (κ3) is 40.7. The number of carbonyl (C=O) groups excluding carboxylic acids is 10. The van der Waals surface area contributed by atoms with Crippen molar-refractivity contribution in [1.82, 2.24) is 47.9 Å². The predicted molar refractivity (Wildman–Crippen MR) is 359 cm³/mol. The Balaban J connectivity index is 7.60. The molecule has 0 fully saturated rings. The van der Waals surface area contributed by atoms with E-state index in [0.29, 0.717) is 12.8 Å². The molecular weight excluding hydrogens is 1240 g/mol. The number of hydrogen-bond donors (Lipinski definition) is 25. The molecule has 0 saturated carbocycles. The molecule has 95 heavy (non-hydrogen) atoms. The molecule has 0 aromatic rings. The molecule has 0 bridgehead atoms. The zero-order valence-corrected chi connectivity index (χ0v) is 54.5. The summed E-state index contributed by atoms with van der Waals surface area (Å²) < 4.78 is 0. The number of nitrogens with zero attached hydrogens (tertiary/aromatic N) is 6. The second kappa shape index (κ2) is 48.9. The van der Waals surface area contributed by atoms with Crippen LogP contribution < -0.4 is 134 Å². The number of aliphatic hydroxyl groups excluding tert-OH is 1. The second-order valence-electron chi connectivity index (χ2n) is 22.1. The lowest BCUT2D eigenvalue weighted by Crippen LogP contribution is -2.60. The lowest BCUT2D eigenvalue weighted by molar-refractivity contribution is -0.136. The third-order valence-electron chi connectivity index (χ3n) is 13.8. The second-order valence-corrected chi connectivity index (χ2v) is 22.1. The van der Waals surface area contributed by atoms with Crippen LogP contribution in [-0.4, -0.2) is 213 Å². The molecule has 0 unspecified atom stereocenters. The number of carbonyl (C=O) groups is 10. The van der Waals surface area contributed by atoms with Crippen LogP contribution in [0.2, 0.25) is 0 Å². The SMILES string of the molecule is CC(=O)N[C@@H](CCCN=C(N)N)C(=O)N[C@@H](CCCN=C(N)N)C(=O)N[C@@H](CCCN=C(N)N)C(=O)N[C@@H](CCCN=C(N)N)C(=O)N[C@@H](CCCN=C(N)N)C(=O)N[C@@H](CCCCN)C(=O)N[C@@H](CCCCN)C(=O)N[C@@H](CCCN=C(N)N)C(=O)N[C@H](C(N)=O)[C@@H](C)O. The first-order valence-corrected chi connectivity index (χ1v) is 31.2. The largest absolute Gasteiger partial charge is 0.391 e. The molecule has 10 amide bonds. The minimum absolute atomic E-state index is 0.0169.